The van der Waals surface area contributed by atoms with Gasteiger partial charge in [0.15, 0.2) is 0 Å². The fourth-order valence-corrected chi connectivity index (χ4v) is 1.73. The summed E-state index contributed by atoms with van der Waals surface area (Å²) in [6.45, 7) is 6.34. The Morgan fingerprint density at radius 1 is 1.60 bits per heavy atom. The molecule has 2 N–H and O–H groups in total. The lowest BCUT2D eigenvalue weighted by atomic mass is 10.2. The number of likely N-dealkylation sites (N-methyl/N-ethyl adjacent to an activating group) is 2. The van der Waals surface area contributed by atoms with Crippen molar-refractivity contribution in [3.05, 3.63) is 0 Å². The highest BCUT2D eigenvalue weighted by molar-refractivity contribution is 5.77. The van der Waals surface area contributed by atoms with Crippen LogP contribution in [0.2, 0.25) is 0 Å². The molecular formula is C10H21N3O2. The van der Waals surface area contributed by atoms with Crippen molar-refractivity contribution in [2.24, 2.45) is 0 Å². The lowest BCUT2D eigenvalue weighted by Gasteiger charge is -2.32. The Labute approximate surface area is 91.2 Å². The standard InChI is InChI=1S/C10H21N3O2/c1-3-12-10(14)8-13-4-5-15-9(7-13)6-11-2/h9,11H,3-8H2,1-2H3,(H,12,14). The molecule has 1 unspecified atom stereocenters. The molecule has 0 bridgehead atoms. The van der Waals surface area contributed by atoms with Gasteiger partial charge in [0.2, 0.25) is 5.91 Å². The Morgan fingerprint density at radius 3 is 3.07 bits per heavy atom. The number of ether oxygens (including phenoxy) is 1. The number of rotatable bonds is 5. The Morgan fingerprint density at radius 2 is 2.40 bits per heavy atom. The van der Waals surface area contributed by atoms with E-state index in [0.29, 0.717) is 19.7 Å². The molecule has 0 saturated carbocycles. The van der Waals surface area contributed by atoms with E-state index in [1.807, 2.05) is 14.0 Å². The number of carbonyl (C=O) groups is 1. The molecule has 0 radical (unpaired) electrons. The number of amides is 1. The average Bonchev–Trinajstić information content (AvgIpc) is 2.19. The van der Waals surface area contributed by atoms with Gasteiger partial charge in [0, 0.05) is 26.2 Å². The van der Waals surface area contributed by atoms with E-state index in [-0.39, 0.29) is 12.0 Å². The van der Waals surface area contributed by atoms with Crippen molar-refractivity contribution in [2.75, 3.05) is 46.4 Å². The van der Waals surface area contributed by atoms with Crippen LogP contribution in [0.3, 0.4) is 0 Å². The van der Waals surface area contributed by atoms with Crippen molar-refractivity contribution in [2.45, 2.75) is 13.0 Å². The van der Waals surface area contributed by atoms with Gasteiger partial charge < -0.3 is 15.4 Å². The fraction of sp³-hybridized carbons (Fsp3) is 0.900. The van der Waals surface area contributed by atoms with E-state index in [1.54, 1.807) is 0 Å². The third kappa shape index (κ3) is 4.59. The van der Waals surface area contributed by atoms with Gasteiger partial charge in [-0.25, -0.2) is 0 Å². The Hall–Kier alpha value is -0.650. The van der Waals surface area contributed by atoms with Gasteiger partial charge in [-0.15, -0.1) is 0 Å². The lowest BCUT2D eigenvalue weighted by molar-refractivity contribution is -0.124. The molecule has 0 aromatic rings. The number of carbonyl (C=O) groups excluding carboxylic acids is 1. The van der Waals surface area contributed by atoms with E-state index in [2.05, 4.69) is 15.5 Å². The molecule has 1 amide bonds. The highest BCUT2D eigenvalue weighted by Gasteiger charge is 2.21. The maximum absolute atomic E-state index is 11.4. The zero-order valence-electron chi connectivity index (χ0n) is 9.58. The molecule has 1 rings (SSSR count). The number of morpholine rings is 1. The highest BCUT2D eigenvalue weighted by atomic mass is 16.5. The first-order valence-corrected chi connectivity index (χ1v) is 5.51. The van der Waals surface area contributed by atoms with Crippen molar-refractivity contribution < 1.29 is 9.53 Å². The van der Waals surface area contributed by atoms with Crippen LogP contribution in [0, 0.1) is 0 Å². The first kappa shape index (κ1) is 12.4. The number of hydrogen-bond acceptors (Lipinski definition) is 4. The Balaban J connectivity index is 2.26. The second kappa shape index (κ2) is 6.76. The van der Waals surface area contributed by atoms with Crippen LogP contribution in [0.15, 0.2) is 0 Å². The Kier molecular flexibility index (Phi) is 5.60. The molecule has 0 aromatic heterocycles. The summed E-state index contributed by atoms with van der Waals surface area (Å²) in [6.07, 6.45) is 0.207. The van der Waals surface area contributed by atoms with Crippen molar-refractivity contribution in [3.8, 4) is 0 Å². The predicted octanol–water partition coefficient (Wildman–Crippen LogP) is -0.957. The largest absolute Gasteiger partial charge is 0.374 e. The van der Waals surface area contributed by atoms with Crippen molar-refractivity contribution in [3.63, 3.8) is 0 Å². The zero-order chi connectivity index (χ0) is 11.1. The molecule has 0 spiro atoms. The van der Waals surface area contributed by atoms with Gasteiger partial charge in [0.1, 0.15) is 0 Å². The summed E-state index contributed by atoms with van der Waals surface area (Å²) < 4.78 is 5.55. The summed E-state index contributed by atoms with van der Waals surface area (Å²) in [5.74, 6) is 0.0996. The number of nitrogens with one attached hydrogen (secondary N) is 2. The molecule has 1 aliphatic rings. The minimum absolute atomic E-state index is 0.0996. The molecule has 1 heterocycles. The smallest absolute Gasteiger partial charge is 0.234 e. The molecule has 1 fully saturated rings. The first-order valence-electron chi connectivity index (χ1n) is 5.51. The second-order valence-electron chi connectivity index (χ2n) is 3.74. The van der Waals surface area contributed by atoms with Crippen LogP contribution in [-0.4, -0.2) is 63.3 Å². The number of nitrogens with zero attached hydrogens (tertiary/aromatic N) is 1. The molecule has 0 aromatic carbocycles. The summed E-state index contributed by atoms with van der Waals surface area (Å²) in [5, 5.41) is 5.89. The summed E-state index contributed by atoms with van der Waals surface area (Å²) in [6, 6.07) is 0. The van der Waals surface area contributed by atoms with Crippen LogP contribution in [0.1, 0.15) is 6.92 Å². The van der Waals surface area contributed by atoms with Crippen LogP contribution >= 0.6 is 0 Å². The lowest BCUT2D eigenvalue weighted by Crippen LogP contribution is -2.49. The van der Waals surface area contributed by atoms with Gasteiger partial charge in [-0.1, -0.05) is 0 Å². The maximum Gasteiger partial charge on any atom is 0.234 e. The van der Waals surface area contributed by atoms with E-state index >= 15 is 0 Å². The molecule has 5 nitrogen and oxygen atoms in total. The van der Waals surface area contributed by atoms with E-state index in [0.717, 1.165) is 19.6 Å². The Bertz CT molecular complexity index is 197. The molecule has 0 aliphatic carbocycles. The monoisotopic (exact) mass is 215 g/mol. The van der Waals surface area contributed by atoms with Crippen LogP contribution in [-0.2, 0) is 9.53 Å². The highest BCUT2D eigenvalue weighted by Crippen LogP contribution is 2.03. The van der Waals surface area contributed by atoms with Gasteiger partial charge in [-0.3, -0.25) is 9.69 Å². The summed E-state index contributed by atoms with van der Waals surface area (Å²) >= 11 is 0. The van der Waals surface area contributed by atoms with E-state index in [9.17, 15) is 4.79 Å². The van der Waals surface area contributed by atoms with Gasteiger partial charge in [-0.05, 0) is 14.0 Å². The van der Waals surface area contributed by atoms with Gasteiger partial charge >= 0.3 is 0 Å². The van der Waals surface area contributed by atoms with Crippen LogP contribution in [0.5, 0.6) is 0 Å². The van der Waals surface area contributed by atoms with E-state index in [4.69, 9.17) is 4.74 Å². The summed E-state index contributed by atoms with van der Waals surface area (Å²) in [7, 11) is 1.91. The van der Waals surface area contributed by atoms with Crippen LogP contribution in [0.25, 0.3) is 0 Å². The van der Waals surface area contributed by atoms with Crippen LogP contribution < -0.4 is 10.6 Å². The SMILES string of the molecule is CCNC(=O)CN1CCOC(CNC)C1. The quantitative estimate of drug-likeness (QED) is 0.620. The van der Waals surface area contributed by atoms with E-state index < -0.39 is 0 Å². The van der Waals surface area contributed by atoms with Crippen molar-refractivity contribution in [1.29, 1.82) is 0 Å². The van der Waals surface area contributed by atoms with Crippen molar-refractivity contribution in [1.82, 2.24) is 15.5 Å². The van der Waals surface area contributed by atoms with Crippen molar-refractivity contribution >= 4 is 5.91 Å². The molecule has 5 heteroatoms. The predicted molar refractivity (Wildman–Crippen MR) is 58.8 cm³/mol. The third-order valence-electron chi connectivity index (χ3n) is 2.40. The minimum atomic E-state index is 0.0996. The van der Waals surface area contributed by atoms with Gasteiger partial charge in [0.25, 0.3) is 0 Å². The first-order chi connectivity index (χ1) is 7.26. The molecule has 88 valence electrons. The number of hydrogen-bond donors (Lipinski definition) is 2. The normalized spacial score (nSPS) is 22.7. The molecule has 15 heavy (non-hydrogen) atoms. The van der Waals surface area contributed by atoms with Gasteiger partial charge in [-0.2, -0.15) is 0 Å². The minimum Gasteiger partial charge on any atom is -0.374 e. The molecule has 1 aliphatic heterocycles. The van der Waals surface area contributed by atoms with Crippen LogP contribution in [0.4, 0.5) is 0 Å². The maximum atomic E-state index is 11.4. The second-order valence-corrected chi connectivity index (χ2v) is 3.74. The topological polar surface area (TPSA) is 53.6 Å². The molecule has 1 saturated heterocycles. The summed E-state index contributed by atoms with van der Waals surface area (Å²) in [5.41, 5.74) is 0. The fourth-order valence-electron chi connectivity index (χ4n) is 1.73. The zero-order valence-corrected chi connectivity index (χ0v) is 9.58. The molecule has 1 atom stereocenters. The summed E-state index contributed by atoms with van der Waals surface area (Å²) in [4.78, 5) is 13.5. The average molecular weight is 215 g/mol. The molecular weight excluding hydrogens is 194 g/mol. The van der Waals surface area contributed by atoms with E-state index in [1.165, 1.54) is 0 Å². The van der Waals surface area contributed by atoms with Gasteiger partial charge in [0.05, 0.1) is 19.3 Å². The third-order valence-corrected chi connectivity index (χ3v) is 2.40.